The molecule has 0 saturated carbocycles. The van der Waals surface area contributed by atoms with E-state index in [0.717, 1.165) is 0 Å². The van der Waals surface area contributed by atoms with Gasteiger partial charge in [-0.2, -0.15) is 9.57 Å². The van der Waals surface area contributed by atoms with Gasteiger partial charge in [0, 0.05) is 0 Å². The van der Waals surface area contributed by atoms with E-state index in [1.165, 1.54) is 24.3 Å². The standard InChI is InChI=1S/C13H12N2O4S/c1-2-9-15(10-13(16)17)20(18,19)12-5-3-11(4-6-12)7-8-14/h1,3-6H,7,9-10H2,(H,16,17). The summed E-state index contributed by atoms with van der Waals surface area (Å²) in [6.45, 7) is -1.03. The second kappa shape index (κ2) is 6.71. The Morgan fingerprint density at radius 2 is 1.95 bits per heavy atom. The molecule has 1 rings (SSSR count). The molecule has 0 bridgehead atoms. The summed E-state index contributed by atoms with van der Waals surface area (Å²) in [6.07, 6.45) is 5.23. The quantitative estimate of drug-likeness (QED) is 0.768. The number of carboxylic acid groups (broad SMARTS) is 1. The third kappa shape index (κ3) is 3.82. The van der Waals surface area contributed by atoms with Crippen LogP contribution in [0.15, 0.2) is 29.2 Å². The van der Waals surface area contributed by atoms with Crippen LogP contribution in [0.1, 0.15) is 5.56 Å². The van der Waals surface area contributed by atoms with Crippen LogP contribution in [-0.2, 0) is 21.2 Å². The van der Waals surface area contributed by atoms with Crippen molar-refractivity contribution in [1.82, 2.24) is 4.31 Å². The lowest BCUT2D eigenvalue weighted by molar-refractivity contribution is -0.137. The van der Waals surface area contributed by atoms with Crippen LogP contribution in [0.3, 0.4) is 0 Å². The van der Waals surface area contributed by atoms with E-state index in [2.05, 4.69) is 5.92 Å². The molecule has 0 heterocycles. The molecule has 0 aromatic heterocycles. The molecule has 0 unspecified atom stereocenters. The van der Waals surface area contributed by atoms with Crippen LogP contribution >= 0.6 is 0 Å². The zero-order valence-electron chi connectivity index (χ0n) is 10.5. The fourth-order valence-electron chi connectivity index (χ4n) is 1.50. The Bertz CT molecular complexity index is 666. The normalized spacial score (nSPS) is 10.8. The minimum absolute atomic E-state index is 0.0595. The number of hydrogen-bond donors (Lipinski definition) is 1. The van der Waals surface area contributed by atoms with E-state index in [4.69, 9.17) is 16.8 Å². The SMILES string of the molecule is C#CCN(CC(=O)O)S(=O)(=O)c1ccc(CC#N)cc1. The van der Waals surface area contributed by atoms with Gasteiger partial charge in [0.1, 0.15) is 6.54 Å². The van der Waals surface area contributed by atoms with Crippen molar-refractivity contribution < 1.29 is 18.3 Å². The molecule has 1 N–H and O–H groups in total. The molecule has 1 aromatic rings. The second-order valence-corrected chi connectivity index (χ2v) is 5.79. The summed E-state index contributed by atoms with van der Waals surface area (Å²) in [5, 5.41) is 17.3. The van der Waals surface area contributed by atoms with Gasteiger partial charge in [-0.15, -0.1) is 6.42 Å². The molecule has 0 aliphatic rings. The van der Waals surface area contributed by atoms with E-state index in [1.54, 1.807) is 0 Å². The number of nitrogens with zero attached hydrogens (tertiary/aromatic N) is 2. The monoisotopic (exact) mass is 292 g/mol. The first-order chi connectivity index (χ1) is 9.41. The van der Waals surface area contributed by atoms with Gasteiger partial charge in [-0.05, 0) is 17.7 Å². The molecule has 0 radical (unpaired) electrons. The first kappa shape index (κ1) is 15.7. The van der Waals surface area contributed by atoms with Crippen LogP contribution in [0.2, 0.25) is 0 Å². The molecule has 7 heteroatoms. The number of aliphatic carboxylic acids is 1. The first-order valence-electron chi connectivity index (χ1n) is 5.53. The van der Waals surface area contributed by atoms with Crippen molar-refractivity contribution in [2.45, 2.75) is 11.3 Å². The van der Waals surface area contributed by atoms with E-state index in [0.29, 0.717) is 9.87 Å². The molecule has 0 aliphatic carbocycles. The zero-order chi connectivity index (χ0) is 15.2. The van der Waals surface area contributed by atoms with Crippen molar-refractivity contribution in [1.29, 1.82) is 5.26 Å². The van der Waals surface area contributed by atoms with E-state index in [1.807, 2.05) is 6.07 Å². The van der Waals surface area contributed by atoms with Gasteiger partial charge in [-0.3, -0.25) is 4.79 Å². The van der Waals surface area contributed by atoms with Crippen molar-refractivity contribution in [3.8, 4) is 18.4 Å². The number of rotatable bonds is 6. The first-order valence-corrected chi connectivity index (χ1v) is 6.97. The van der Waals surface area contributed by atoms with Crippen molar-refractivity contribution in [2.24, 2.45) is 0 Å². The minimum atomic E-state index is -3.96. The largest absolute Gasteiger partial charge is 0.480 e. The van der Waals surface area contributed by atoms with Gasteiger partial charge >= 0.3 is 5.97 Å². The Balaban J connectivity index is 3.10. The van der Waals surface area contributed by atoms with Gasteiger partial charge in [0.15, 0.2) is 0 Å². The molecule has 6 nitrogen and oxygen atoms in total. The summed E-state index contributed by atoms with van der Waals surface area (Å²) < 4.78 is 25.2. The summed E-state index contributed by atoms with van der Waals surface area (Å²) in [5.74, 6) is 0.834. The predicted molar refractivity (Wildman–Crippen MR) is 71.0 cm³/mol. The van der Waals surface area contributed by atoms with Crippen molar-refractivity contribution in [3.05, 3.63) is 29.8 Å². The third-order valence-corrected chi connectivity index (χ3v) is 4.23. The van der Waals surface area contributed by atoms with Gasteiger partial charge in [0.05, 0.1) is 23.9 Å². The van der Waals surface area contributed by atoms with Gasteiger partial charge in [-0.25, -0.2) is 8.42 Å². The Kier molecular flexibility index (Phi) is 5.27. The second-order valence-electron chi connectivity index (χ2n) is 3.85. The molecule has 0 aliphatic heterocycles. The Hall–Kier alpha value is -2.35. The van der Waals surface area contributed by atoms with Crippen molar-refractivity contribution in [3.63, 3.8) is 0 Å². The van der Waals surface area contributed by atoms with Crippen molar-refractivity contribution >= 4 is 16.0 Å². The Labute approximate surface area is 117 Å². The number of carbonyl (C=O) groups is 1. The topological polar surface area (TPSA) is 98.5 Å². The lowest BCUT2D eigenvalue weighted by atomic mass is 10.2. The maximum Gasteiger partial charge on any atom is 0.318 e. The summed E-state index contributed by atoms with van der Waals surface area (Å²) >= 11 is 0. The van der Waals surface area contributed by atoms with Crippen LogP contribution in [0.4, 0.5) is 0 Å². The number of nitriles is 1. The van der Waals surface area contributed by atoms with Crippen LogP contribution in [-0.4, -0.2) is 36.9 Å². The molecule has 1 aromatic carbocycles. The lowest BCUT2D eigenvalue weighted by Crippen LogP contribution is -2.35. The third-order valence-electron chi connectivity index (χ3n) is 2.42. The fourth-order valence-corrected chi connectivity index (χ4v) is 2.80. The molecular formula is C13H12N2O4S. The minimum Gasteiger partial charge on any atom is -0.480 e. The molecule has 104 valence electrons. The van der Waals surface area contributed by atoms with Crippen LogP contribution < -0.4 is 0 Å². The lowest BCUT2D eigenvalue weighted by Gasteiger charge is -2.17. The smallest absolute Gasteiger partial charge is 0.318 e. The van der Waals surface area contributed by atoms with E-state index >= 15 is 0 Å². The molecule has 20 heavy (non-hydrogen) atoms. The molecule has 0 spiro atoms. The molecule has 0 saturated heterocycles. The highest BCUT2D eigenvalue weighted by atomic mass is 32.2. The zero-order valence-corrected chi connectivity index (χ0v) is 11.3. The number of sulfonamides is 1. The molecule has 0 fully saturated rings. The highest BCUT2D eigenvalue weighted by Crippen LogP contribution is 2.16. The van der Waals surface area contributed by atoms with Gasteiger partial charge < -0.3 is 5.11 Å². The fraction of sp³-hybridized carbons (Fsp3) is 0.231. The summed E-state index contributed by atoms with van der Waals surface area (Å²) in [7, 11) is -3.96. The van der Waals surface area contributed by atoms with Crippen LogP contribution in [0.5, 0.6) is 0 Å². The van der Waals surface area contributed by atoms with Gasteiger partial charge in [0.2, 0.25) is 10.0 Å². The average Bonchev–Trinajstić information content (AvgIpc) is 2.39. The van der Waals surface area contributed by atoms with E-state index < -0.39 is 22.5 Å². The molecule has 0 atom stereocenters. The Morgan fingerprint density at radius 1 is 1.35 bits per heavy atom. The average molecular weight is 292 g/mol. The molecule has 0 amide bonds. The highest BCUT2D eigenvalue weighted by molar-refractivity contribution is 7.89. The van der Waals surface area contributed by atoms with Gasteiger partial charge in [-0.1, -0.05) is 18.1 Å². The maximum atomic E-state index is 12.2. The number of terminal acetylenes is 1. The highest BCUT2D eigenvalue weighted by Gasteiger charge is 2.25. The van der Waals surface area contributed by atoms with Gasteiger partial charge in [0.25, 0.3) is 0 Å². The predicted octanol–water partition coefficient (Wildman–Crippen LogP) is 0.461. The Morgan fingerprint density at radius 3 is 2.40 bits per heavy atom. The number of carboxylic acids is 1. The van der Waals surface area contributed by atoms with E-state index in [9.17, 15) is 13.2 Å². The summed E-state index contributed by atoms with van der Waals surface area (Å²) in [6, 6.07) is 7.61. The summed E-state index contributed by atoms with van der Waals surface area (Å²) in [4.78, 5) is 10.6. The maximum absolute atomic E-state index is 12.2. The number of benzene rings is 1. The van der Waals surface area contributed by atoms with E-state index in [-0.39, 0.29) is 17.9 Å². The number of hydrogen-bond acceptors (Lipinski definition) is 4. The summed E-state index contributed by atoms with van der Waals surface area (Å²) in [5.41, 5.74) is 0.674. The van der Waals surface area contributed by atoms with Crippen molar-refractivity contribution in [2.75, 3.05) is 13.1 Å². The van der Waals surface area contributed by atoms with Crippen LogP contribution in [0, 0.1) is 23.7 Å². The van der Waals surface area contributed by atoms with Crippen LogP contribution in [0.25, 0.3) is 0 Å². The molecular weight excluding hydrogens is 280 g/mol.